The molecule has 2 nitrogen and oxygen atoms in total. The molecular weight excluding hydrogens is 403 g/mol. The Morgan fingerprint density at radius 1 is 1.29 bits per heavy atom. The van der Waals surface area contributed by atoms with Crippen LogP contribution in [0.4, 0.5) is 22.0 Å². The predicted octanol–water partition coefficient (Wildman–Crippen LogP) is 7.65. The van der Waals surface area contributed by atoms with Gasteiger partial charge in [0.05, 0.1) is 5.02 Å². The maximum absolute atomic E-state index is 14.4. The minimum atomic E-state index is -3.63. The number of rotatable bonds is 8. The molecule has 1 aromatic rings. The zero-order valence-electron chi connectivity index (χ0n) is 15.2. The fraction of sp³-hybridized carbons (Fsp3) is 0.400. The molecule has 1 atom stereocenters. The summed E-state index contributed by atoms with van der Waals surface area (Å²) in [7, 11) is 0. The Balaban J connectivity index is 2.07. The van der Waals surface area contributed by atoms with E-state index in [9.17, 15) is 22.0 Å². The van der Waals surface area contributed by atoms with Gasteiger partial charge in [-0.15, -0.1) is 0 Å². The molecule has 0 aliphatic heterocycles. The molecular formula is C20H20ClF5O2. The molecule has 1 aliphatic rings. The summed E-state index contributed by atoms with van der Waals surface area (Å²) in [6.45, 7) is 2.02. The second-order valence-electron chi connectivity index (χ2n) is 6.35. The van der Waals surface area contributed by atoms with Gasteiger partial charge >= 0.3 is 12.2 Å². The molecule has 28 heavy (non-hydrogen) atoms. The zero-order valence-corrected chi connectivity index (χ0v) is 15.9. The van der Waals surface area contributed by atoms with Crippen LogP contribution in [-0.2, 0) is 0 Å². The fourth-order valence-corrected chi connectivity index (χ4v) is 3.09. The average molecular weight is 423 g/mol. The van der Waals surface area contributed by atoms with E-state index in [4.69, 9.17) is 11.6 Å². The standard InChI is InChI=1S/C20H20ClF5O2/c1-2-3-4-5-13-6-8-14(9-7-13)20(25,26)28-15-10-16(21)19(17(22)11-15)27-12-18(23)24/h3-4,8,10-13H,2,5-7,9H2,1H3. The first-order valence-corrected chi connectivity index (χ1v) is 9.19. The first kappa shape index (κ1) is 22.3. The van der Waals surface area contributed by atoms with Crippen LogP contribution < -0.4 is 9.47 Å². The van der Waals surface area contributed by atoms with Crippen LogP contribution in [0.1, 0.15) is 39.0 Å². The Morgan fingerprint density at radius 3 is 2.61 bits per heavy atom. The first-order valence-electron chi connectivity index (χ1n) is 8.81. The van der Waals surface area contributed by atoms with Gasteiger partial charge in [0.1, 0.15) is 5.75 Å². The third-order valence-corrected chi connectivity index (χ3v) is 4.53. The van der Waals surface area contributed by atoms with Crippen molar-refractivity contribution in [1.82, 2.24) is 0 Å². The lowest BCUT2D eigenvalue weighted by atomic mass is 9.87. The number of ether oxygens (including phenoxy) is 2. The van der Waals surface area contributed by atoms with E-state index in [0.29, 0.717) is 24.8 Å². The van der Waals surface area contributed by atoms with Crippen molar-refractivity contribution in [3.8, 4) is 11.5 Å². The van der Waals surface area contributed by atoms with Gasteiger partial charge in [0.25, 0.3) is 0 Å². The summed E-state index contributed by atoms with van der Waals surface area (Å²) in [6, 6.07) is 1.50. The van der Waals surface area contributed by atoms with E-state index in [0.717, 1.165) is 18.9 Å². The lowest BCUT2D eigenvalue weighted by Gasteiger charge is -2.26. The van der Waals surface area contributed by atoms with Crippen LogP contribution in [0.2, 0.25) is 5.02 Å². The summed E-state index contributed by atoms with van der Waals surface area (Å²) in [5.41, 5.74) is -0.178. The predicted molar refractivity (Wildman–Crippen MR) is 97.4 cm³/mol. The van der Waals surface area contributed by atoms with Gasteiger partial charge < -0.3 is 9.47 Å². The normalized spacial score (nSPS) is 17.4. The van der Waals surface area contributed by atoms with Crippen molar-refractivity contribution in [3.63, 3.8) is 0 Å². The highest BCUT2D eigenvalue weighted by Gasteiger charge is 2.38. The molecule has 0 heterocycles. The Morgan fingerprint density at radius 2 is 2.04 bits per heavy atom. The number of hydrogen-bond donors (Lipinski definition) is 0. The van der Waals surface area contributed by atoms with Crippen LogP contribution in [0.25, 0.3) is 0 Å². The van der Waals surface area contributed by atoms with E-state index < -0.39 is 34.5 Å². The molecule has 0 saturated heterocycles. The van der Waals surface area contributed by atoms with E-state index in [1.165, 1.54) is 6.08 Å². The summed E-state index contributed by atoms with van der Waals surface area (Å²) in [5, 5.41) is -0.469. The summed E-state index contributed by atoms with van der Waals surface area (Å²) >= 11 is 5.73. The van der Waals surface area contributed by atoms with Crippen LogP contribution in [0.15, 0.2) is 48.3 Å². The van der Waals surface area contributed by atoms with E-state index in [1.54, 1.807) is 0 Å². The van der Waals surface area contributed by atoms with Gasteiger partial charge in [-0.3, -0.25) is 0 Å². The van der Waals surface area contributed by atoms with Crippen molar-refractivity contribution < 1.29 is 31.4 Å². The highest BCUT2D eigenvalue weighted by Crippen LogP contribution is 2.39. The van der Waals surface area contributed by atoms with Gasteiger partial charge in [-0.1, -0.05) is 36.8 Å². The lowest BCUT2D eigenvalue weighted by molar-refractivity contribution is -0.145. The quantitative estimate of drug-likeness (QED) is 0.243. The smallest absolute Gasteiger partial charge is 0.422 e. The Hall–Kier alpha value is -2.02. The lowest BCUT2D eigenvalue weighted by Crippen LogP contribution is -2.29. The number of allylic oxidation sites excluding steroid dienone is 3. The summed E-state index contributed by atoms with van der Waals surface area (Å²) in [6.07, 6.45) is 2.75. The van der Waals surface area contributed by atoms with Crippen molar-refractivity contribution in [2.45, 2.75) is 45.1 Å². The molecule has 0 spiro atoms. The zero-order chi connectivity index (χ0) is 20.7. The topological polar surface area (TPSA) is 18.5 Å². The summed E-state index contributed by atoms with van der Waals surface area (Å²) in [4.78, 5) is 0. The second-order valence-corrected chi connectivity index (χ2v) is 6.75. The van der Waals surface area contributed by atoms with Crippen LogP contribution in [0.3, 0.4) is 0 Å². The highest BCUT2D eigenvalue weighted by molar-refractivity contribution is 6.32. The van der Waals surface area contributed by atoms with E-state index in [2.05, 4.69) is 15.5 Å². The van der Waals surface area contributed by atoms with Crippen molar-refractivity contribution in [1.29, 1.82) is 0 Å². The van der Waals surface area contributed by atoms with Crippen LogP contribution >= 0.6 is 11.6 Å². The van der Waals surface area contributed by atoms with Crippen molar-refractivity contribution in [2.75, 3.05) is 0 Å². The number of halogens is 6. The number of alkyl halides is 2. The van der Waals surface area contributed by atoms with Crippen molar-refractivity contribution in [3.05, 3.63) is 59.1 Å². The van der Waals surface area contributed by atoms with Gasteiger partial charge in [-0.05, 0) is 38.0 Å². The van der Waals surface area contributed by atoms with Gasteiger partial charge in [0.2, 0.25) is 0 Å². The van der Waals surface area contributed by atoms with Crippen molar-refractivity contribution >= 4 is 11.6 Å². The third kappa shape index (κ3) is 6.26. The second kappa shape index (κ2) is 9.96. The summed E-state index contributed by atoms with van der Waals surface area (Å²) < 4.78 is 76.0. The molecule has 8 heteroatoms. The molecule has 1 aromatic carbocycles. The van der Waals surface area contributed by atoms with Crippen molar-refractivity contribution in [2.24, 2.45) is 5.92 Å². The van der Waals surface area contributed by atoms with Gasteiger partial charge in [-0.2, -0.15) is 17.6 Å². The Bertz CT molecular complexity index is 747. The number of benzene rings is 1. The van der Waals surface area contributed by atoms with Crippen LogP contribution in [0.5, 0.6) is 11.5 Å². The minimum Gasteiger partial charge on any atom is -0.455 e. The largest absolute Gasteiger partial charge is 0.455 e. The molecule has 1 aliphatic carbocycles. The Labute approximate surface area is 165 Å². The SMILES string of the molecule is CCC=CCC1CC=C(C(F)(F)Oc2cc(F)c(OC=C(F)F)c(Cl)c2)CC1. The van der Waals surface area contributed by atoms with E-state index in [-0.39, 0.29) is 18.3 Å². The van der Waals surface area contributed by atoms with Crippen LogP contribution in [0, 0.1) is 11.7 Å². The molecule has 0 bridgehead atoms. The molecule has 0 fully saturated rings. The molecule has 0 saturated carbocycles. The molecule has 0 radical (unpaired) electrons. The molecule has 154 valence electrons. The molecule has 2 rings (SSSR count). The summed E-state index contributed by atoms with van der Waals surface area (Å²) in [5.74, 6) is -2.13. The maximum Gasteiger partial charge on any atom is 0.422 e. The van der Waals surface area contributed by atoms with Gasteiger partial charge in [-0.25, -0.2) is 4.39 Å². The first-order chi connectivity index (χ1) is 13.2. The van der Waals surface area contributed by atoms with Crippen LogP contribution in [-0.4, -0.2) is 6.11 Å². The fourth-order valence-electron chi connectivity index (χ4n) is 2.85. The molecule has 1 unspecified atom stereocenters. The average Bonchev–Trinajstić information content (AvgIpc) is 2.61. The van der Waals surface area contributed by atoms with Gasteiger partial charge in [0, 0.05) is 17.7 Å². The van der Waals surface area contributed by atoms with E-state index in [1.807, 2.05) is 13.0 Å². The molecule has 0 aromatic heterocycles. The monoisotopic (exact) mass is 422 g/mol. The third-order valence-electron chi connectivity index (χ3n) is 4.25. The minimum absolute atomic E-state index is 0.00160. The van der Waals surface area contributed by atoms with E-state index >= 15 is 0 Å². The van der Waals surface area contributed by atoms with Gasteiger partial charge in [0.15, 0.2) is 17.8 Å². The highest BCUT2D eigenvalue weighted by atomic mass is 35.5. The Kier molecular flexibility index (Phi) is 7.92. The molecule has 0 N–H and O–H groups in total. The molecule has 0 amide bonds. The number of hydrogen-bond acceptors (Lipinski definition) is 2. The maximum atomic E-state index is 14.4.